The summed E-state index contributed by atoms with van der Waals surface area (Å²) >= 11 is 0. The molecule has 0 spiro atoms. The molecule has 1 heterocycles. The molecule has 1 rings (SSSR count). The Morgan fingerprint density at radius 2 is 1.86 bits per heavy atom. The second kappa shape index (κ2) is 7.25. The first-order valence-corrected chi connectivity index (χ1v) is 8.12. The predicted octanol–water partition coefficient (Wildman–Crippen LogP) is -1.12. The highest BCUT2D eigenvalue weighted by Gasteiger charge is 2.27. The molecule has 0 saturated carbocycles. The lowest BCUT2D eigenvalue weighted by Crippen LogP contribution is -2.51. The third-order valence-electron chi connectivity index (χ3n) is 3.09. The molecule has 1 saturated heterocycles. The topological polar surface area (TPSA) is 139 Å². The van der Waals surface area contributed by atoms with Crippen LogP contribution in [0.5, 0.6) is 0 Å². The maximum absolute atomic E-state index is 11.7. The molecule has 0 aromatic rings. The second-order valence-electron chi connectivity index (χ2n) is 4.71. The van der Waals surface area contributed by atoms with Gasteiger partial charge >= 0.3 is 18.0 Å². The number of hydrogen-bond acceptors (Lipinski definition) is 6. The van der Waals surface area contributed by atoms with E-state index in [1.807, 2.05) is 0 Å². The summed E-state index contributed by atoms with van der Waals surface area (Å²) in [6.45, 7) is 0. The number of ether oxygens (including phenoxy) is 1. The Balaban J connectivity index is 2.47. The SMILES string of the molecule is COC(=O)C[C@H](NC(=O)NC1CCS(=O)(=O)CC1)C(=O)O. The van der Waals surface area contributed by atoms with Crippen molar-refractivity contribution in [1.29, 1.82) is 0 Å². The van der Waals surface area contributed by atoms with Crippen LogP contribution in [0.15, 0.2) is 0 Å². The molecule has 9 nitrogen and oxygen atoms in total. The Morgan fingerprint density at radius 3 is 2.33 bits per heavy atom. The maximum Gasteiger partial charge on any atom is 0.326 e. The van der Waals surface area contributed by atoms with Crippen LogP contribution in [-0.2, 0) is 24.2 Å². The average Bonchev–Trinajstić information content (AvgIpc) is 2.40. The molecule has 1 atom stereocenters. The number of carbonyl (C=O) groups is 3. The smallest absolute Gasteiger partial charge is 0.326 e. The first-order chi connectivity index (χ1) is 9.73. The molecular weight excluding hydrogens is 304 g/mol. The second-order valence-corrected chi connectivity index (χ2v) is 7.02. The molecule has 0 aliphatic carbocycles. The van der Waals surface area contributed by atoms with E-state index in [9.17, 15) is 22.8 Å². The largest absolute Gasteiger partial charge is 0.480 e. The first kappa shape index (κ1) is 17.2. The van der Waals surface area contributed by atoms with Crippen molar-refractivity contribution in [3.63, 3.8) is 0 Å². The molecule has 21 heavy (non-hydrogen) atoms. The lowest BCUT2D eigenvalue weighted by atomic mass is 10.1. The fraction of sp³-hybridized carbons (Fsp3) is 0.727. The minimum absolute atomic E-state index is 0.0114. The Hall–Kier alpha value is -1.84. The van der Waals surface area contributed by atoms with Crippen LogP contribution in [0.3, 0.4) is 0 Å². The van der Waals surface area contributed by atoms with Crippen LogP contribution in [0.2, 0.25) is 0 Å². The number of carboxylic acid groups (broad SMARTS) is 1. The zero-order valence-corrected chi connectivity index (χ0v) is 12.3. The number of carboxylic acids is 1. The Morgan fingerprint density at radius 1 is 1.29 bits per heavy atom. The molecule has 1 fully saturated rings. The van der Waals surface area contributed by atoms with Gasteiger partial charge in [-0.05, 0) is 12.8 Å². The van der Waals surface area contributed by atoms with E-state index in [-0.39, 0.29) is 30.4 Å². The third kappa shape index (κ3) is 5.98. The zero-order valence-electron chi connectivity index (χ0n) is 11.5. The van der Waals surface area contributed by atoms with Gasteiger partial charge in [0.2, 0.25) is 0 Å². The minimum atomic E-state index is -3.03. The van der Waals surface area contributed by atoms with E-state index in [1.54, 1.807) is 0 Å². The number of urea groups is 1. The number of aliphatic carboxylic acids is 1. The fourth-order valence-electron chi connectivity index (χ4n) is 1.87. The zero-order chi connectivity index (χ0) is 16.0. The normalized spacial score (nSPS) is 19.3. The van der Waals surface area contributed by atoms with Crippen molar-refractivity contribution in [3.8, 4) is 0 Å². The highest BCUT2D eigenvalue weighted by Crippen LogP contribution is 2.12. The van der Waals surface area contributed by atoms with E-state index in [2.05, 4.69) is 15.4 Å². The van der Waals surface area contributed by atoms with Crippen molar-refractivity contribution in [3.05, 3.63) is 0 Å². The summed E-state index contributed by atoms with van der Waals surface area (Å²) in [6, 6.07) is -2.48. The summed E-state index contributed by atoms with van der Waals surface area (Å²) in [5.74, 6) is -2.14. The van der Waals surface area contributed by atoms with Gasteiger partial charge in [-0.15, -0.1) is 0 Å². The quantitative estimate of drug-likeness (QED) is 0.545. The van der Waals surface area contributed by atoms with Gasteiger partial charge in [-0.3, -0.25) is 4.79 Å². The van der Waals surface area contributed by atoms with E-state index in [4.69, 9.17) is 5.11 Å². The van der Waals surface area contributed by atoms with Gasteiger partial charge in [-0.2, -0.15) is 0 Å². The summed E-state index contributed by atoms with van der Waals surface area (Å²) in [5, 5.41) is 13.6. The molecule has 0 aromatic heterocycles. The van der Waals surface area contributed by atoms with Crippen LogP contribution in [0.4, 0.5) is 4.79 Å². The minimum Gasteiger partial charge on any atom is -0.480 e. The summed E-state index contributed by atoms with van der Waals surface area (Å²) in [7, 11) is -1.92. The van der Waals surface area contributed by atoms with Crippen molar-refractivity contribution in [2.24, 2.45) is 0 Å². The van der Waals surface area contributed by atoms with Crippen LogP contribution >= 0.6 is 0 Å². The van der Waals surface area contributed by atoms with Crippen molar-refractivity contribution in [1.82, 2.24) is 10.6 Å². The van der Waals surface area contributed by atoms with Crippen LogP contribution in [0.25, 0.3) is 0 Å². The van der Waals surface area contributed by atoms with E-state index >= 15 is 0 Å². The summed E-state index contributed by atoms with van der Waals surface area (Å²) < 4.78 is 26.8. The highest BCUT2D eigenvalue weighted by atomic mass is 32.2. The van der Waals surface area contributed by atoms with Crippen LogP contribution in [0.1, 0.15) is 19.3 Å². The molecule has 0 unspecified atom stereocenters. The van der Waals surface area contributed by atoms with Crippen molar-refractivity contribution in [2.75, 3.05) is 18.6 Å². The standard InChI is InChI=1S/C11H18N2O7S/c1-20-9(14)6-8(10(15)16)13-11(17)12-7-2-4-21(18,19)5-3-7/h7-8H,2-6H2,1H3,(H,15,16)(H2,12,13,17)/t8-/m0/s1. The number of sulfone groups is 1. The molecule has 0 bridgehead atoms. The highest BCUT2D eigenvalue weighted by molar-refractivity contribution is 7.91. The van der Waals surface area contributed by atoms with Gasteiger partial charge < -0.3 is 20.5 Å². The monoisotopic (exact) mass is 322 g/mol. The van der Waals surface area contributed by atoms with E-state index in [1.165, 1.54) is 0 Å². The van der Waals surface area contributed by atoms with Gasteiger partial charge in [0.05, 0.1) is 25.0 Å². The summed E-state index contributed by atoms with van der Waals surface area (Å²) in [4.78, 5) is 33.7. The number of nitrogens with one attached hydrogen (secondary N) is 2. The summed E-state index contributed by atoms with van der Waals surface area (Å²) in [5.41, 5.74) is 0. The van der Waals surface area contributed by atoms with Crippen LogP contribution < -0.4 is 10.6 Å². The Labute approximate surface area is 122 Å². The molecule has 0 radical (unpaired) electrons. The molecule has 0 aromatic carbocycles. The number of methoxy groups -OCH3 is 1. The van der Waals surface area contributed by atoms with Gasteiger partial charge in [0.15, 0.2) is 0 Å². The number of carbonyl (C=O) groups excluding carboxylic acids is 2. The summed E-state index contributed by atoms with van der Waals surface area (Å²) in [6.07, 6.45) is 0.0767. The van der Waals surface area contributed by atoms with Gasteiger partial charge in [0, 0.05) is 6.04 Å². The molecule has 1 aliphatic rings. The van der Waals surface area contributed by atoms with E-state index in [0.29, 0.717) is 0 Å². The van der Waals surface area contributed by atoms with Gasteiger partial charge in [-0.25, -0.2) is 18.0 Å². The fourth-order valence-corrected chi connectivity index (χ4v) is 3.36. The van der Waals surface area contributed by atoms with Gasteiger partial charge in [0.25, 0.3) is 0 Å². The molecule has 1 aliphatic heterocycles. The number of esters is 1. The Bertz CT molecular complexity index is 503. The third-order valence-corrected chi connectivity index (χ3v) is 4.81. The molecular formula is C11H18N2O7S. The van der Waals surface area contributed by atoms with Crippen molar-refractivity contribution in [2.45, 2.75) is 31.3 Å². The number of hydrogen-bond donors (Lipinski definition) is 3. The van der Waals surface area contributed by atoms with E-state index < -0.39 is 40.3 Å². The van der Waals surface area contributed by atoms with E-state index in [0.717, 1.165) is 7.11 Å². The molecule has 10 heteroatoms. The molecule has 2 amide bonds. The molecule has 3 N–H and O–H groups in total. The van der Waals surface area contributed by atoms with Crippen LogP contribution in [0, 0.1) is 0 Å². The number of amides is 2. The van der Waals surface area contributed by atoms with Crippen LogP contribution in [-0.4, -0.2) is 62.2 Å². The van der Waals surface area contributed by atoms with Crippen molar-refractivity contribution >= 4 is 27.8 Å². The van der Waals surface area contributed by atoms with Gasteiger partial charge in [0.1, 0.15) is 15.9 Å². The number of rotatable bonds is 5. The Kier molecular flexibility index (Phi) is 5.94. The first-order valence-electron chi connectivity index (χ1n) is 6.30. The molecule has 120 valence electrons. The lowest BCUT2D eigenvalue weighted by Gasteiger charge is -2.24. The maximum atomic E-state index is 11.7. The van der Waals surface area contributed by atoms with Gasteiger partial charge in [-0.1, -0.05) is 0 Å². The van der Waals surface area contributed by atoms with Crippen molar-refractivity contribution < 1.29 is 32.6 Å². The average molecular weight is 322 g/mol. The lowest BCUT2D eigenvalue weighted by molar-refractivity contribution is -0.147. The predicted molar refractivity (Wildman–Crippen MR) is 71.4 cm³/mol.